The number of halogens is 3. The zero-order valence-electron chi connectivity index (χ0n) is 9.58. The maximum Gasteiger partial charge on any atom is 0.141 e. The van der Waals surface area contributed by atoms with Gasteiger partial charge in [0, 0.05) is 10.0 Å². The van der Waals surface area contributed by atoms with Crippen molar-refractivity contribution in [1.29, 1.82) is 5.41 Å². The van der Waals surface area contributed by atoms with Crippen LogP contribution in [0.2, 0.25) is 0 Å². The molecule has 0 aliphatic rings. The van der Waals surface area contributed by atoms with Crippen LogP contribution in [-0.4, -0.2) is 5.84 Å². The predicted octanol–water partition coefficient (Wildman–Crippen LogP) is 5.05. The number of nitrogens with one attached hydrogen (secondary N) is 1. The van der Waals surface area contributed by atoms with E-state index in [2.05, 4.69) is 47.8 Å². The molecule has 0 aliphatic carbocycles. The summed E-state index contributed by atoms with van der Waals surface area (Å²) in [5, 5.41) is 7.38. The van der Waals surface area contributed by atoms with E-state index in [9.17, 15) is 0 Å². The zero-order valence-corrected chi connectivity index (χ0v) is 14.3. The average Bonchev–Trinajstić information content (AvgIpc) is 2.34. The smallest absolute Gasteiger partial charge is 0.141 e. The summed E-state index contributed by atoms with van der Waals surface area (Å²) in [7, 11) is 0. The molecule has 0 atom stereocenters. The number of rotatable bonds is 3. The lowest BCUT2D eigenvalue weighted by atomic mass is 10.2. The number of nitrogens with two attached hydrogens (primary N) is 1. The molecule has 0 amide bonds. The highest BCUT2D eigenvalue weighted by atomic mass is 79.9. The highest BCUT2D eigenvalue weighted by molar-refractivity contribution is 9.11. The van der Waals surface area contributed by atoms with Gasteiger partial charge in [0.2, 0.25) is 0 Å². The van der Waals surface area contributed by atoms with E-state index in [0.29, 0.717) is 17.1 Å². The first-order chi connectivity index (χ1) is 8.97. The Bertz CT molecular complexity index is 644. The normalized spacial score (nSPS) is 10.3. The fraction of sp³-hybridized carbons (Fsp3) is 0. The molecule has 0 aliphatic heterocycles. The molecule has 0 spiro atoms. The highest BCUT2D eigenvalue weighted by Crippen LogP contribution is 2.35. The van der Waals surface area contributed by atoms with Crippen LogP contribution in [0.5, 0.6) is 11.5 Å². The van der Waals surface area contributed by atoms with E-state index in [4.69, 9.17) is 15.9 Å². The van der Waals surface area contributed by atoms with Crippen molar-refractivity contribution in [2.75, 3.05) is 0 Å². The monoisotopic (exact) mass is 446 g/mol. The van der Waals surface area contributed by atoms with Crippen molar-refractivity contribution in [2.24, 2.45) is 5.73 Å². The molecule has 2 aromatic carbocycles. The van der Waals surface area contributed by atoms with Crippen LogP contribution in [0.15, 0.2) is 49.8 Å². The second kappa shape index (κ2) is 6.07. The number of hydrogen-bond donors (Lipinski definition) is 2. The lowest BCUT2D eigenvalue weighted by Crippen LogP contribution is -2.10. The van der Waals surface area contributed by atoms with Crippen LogP contribution in [0.25, 0.3) is 0 Å². The number of amidine groups is 1. The molecular formula is C13H9Br3N2O. The molecule has 0 saturated heterocycles. The van der Waals surface area contributed by atoms with E-state index in [0.717, 1.165) is 13.4 Å². The lowest BCUT2D eigenvalue weighted by Gasteiger charge is -2.10. The topological polar surface area (TPSA) is 59.1 Å². The minimum absolute atomic E-state index is 0.0251. The Morgan fingerprint density at radius 1 is 0.947 bits per heavy atom. The van der Waals surface area contributed by atoms with E-state index < -0.39 is 0 Å². The van der Waals surface area contributed by atoms with Gasteiger partial charge in [0.1, 0.15) is 17.3 Å². The van der Waals surface area contributed by atoms with Gasteiger partial charge in [-0.1, -0.05) is 15.9 Å². The van der Waals surface area contributed by atoms with Crippen LogP contribution in [0.1, 0.15) is 5.56 Å². The first kappa shape index (κ1) is 14.6. The largest absolute Gasteiger partial charge is 0.455 e. The Labute approximate surface area is 136 Å². The lowest BCUT2D eigenvalue weighted by molar-refractivity contribution is 0.476. The summed E-state index contributed by atoms with van der Waals surface area (Å²) in [5.41, 5.74) is 6.08. The Balaban J connectivity index is 2.31. The van der Waals surface area contributed by atoms with Crippen molar-refractivity contribution >= 4 is 53.6 Å². The van der Waals surface area contributed by atoms with Crippen molar-refractivity contribution in [3.05, 3.63) is 55.4 Å². The first-order valence-electron chi connectivity index (χ1n) is 5.24. The van der Waals surface area contributed by atoms with Crippen LogP contribution in [0, 0.1) is 5.41 Å². The Morgan fingerprint density at radius 2 is 1.53 bits per heavy atom. The Hall–Kier alpha value is -0.850. The molecule has 0 saturated carbocycles. The van der Waals surface area contributed by atoms with Crippen LogP contribution in [0.4, 0.5) is 0 Å². The van der Waals surface area contributed by atoms with Crippen molar-refractivity contribution in [3.8, 4) is 11.5 Å². The molecule has 0 unspecified atom stereocenters. The average molecular weight is 449 g/mol. The van der Waals surface area contributed by atoms with Crippen molar-refractivity contribution in [3.63, 3.8) is 0 Å². The maximum atomic E-state index is 7.38. The highest BCUT2D eigenvalue weighted by Gasteiger charge is 2.08. The predicted molar refractivity (Wildman–Crippen MR) is 87.1 cm³/mol. The summed E-state index contributed by atoms with van der Waals surface area (Å²) in [6.45, 7) is 0. The van der Waals surface area contributed by atoms with Crippen LogP contribution >= 0.6 is 47.8 Å². The second-order valence-corrected chi connectivity index (χ2v) is 6.36. The van der Waals surface area contributed by atoms with Gasteiger partial charge in [0.05, 0.1) is 8.95 Å². The molecule has 6 heteroatoms. The molecule has 2 aromatic rings. The van der Waals surface area contributed by atoms with E-state index >= 15 is 0 Å². The minimum Gasteiger partial charge on any atom is -0.455 e. The van der Waals surface area contributed by atoms with Gasteiger partial charge in [-0.25, -0.2) is 0 Å². The molecule has 3 N–H and O–H groups in total. The van der Waals surface area contributed by atoms with E-state index in [1.807, 2.05) is 18.2 Å². The van der Waals surface area contributed by atoms with Gasteiger partial charge in [-0.05, 0) is 68.3 Å². The fourth-order valence-electron chi connectivity index (χ4n) is 1.43. The number of hydrogen-bond acceptors (Lipinski definition) is 2. The number of nitrogen functional groups attached to an aromatic ring is 1. The molecule has 3 nitrogen and oxygen atoms in total. The molecule has 0 heterocycles. The molecule has 0 radical (unpaired) electrons. The SMILES string of the molecule is N=C(N)c1ccc(Oc2ccc(Br)cc2Br)c(Br)c1. The third-order valence-corrected chi connectivity index (χ3v) is 4.09. The quantitative estimate of drug-likeness (QED) is 0.510. The van der Waals surface area contributed by atoms with E-state index in [1.165, 1.54) is 0 Å². The van der Waals surface area contributed by atoms with Crippen molar-refractivity contribution in [1.82, 2.24) is 0 Å². The zero-order chi connectivity index (χ0) is 14.0. The summed E-state index contributed by atoms with van der Waals surface area (Å²) in [5.74, 6) is 1.39. The maximum absolute atomic E-state index is 7.38. The first-order valence-corrected chi connectivity index (χ1v) is 7.62. The minimum atomic E-state index is 0.0251. The molecular weight excluding hydrogens is 440 g/mol. The van der Waals surface area contributed by atoms with E-state index in [-0.39, 0.29) is 5.84 Å². The third kappa shape index (κ3) is 3.58. The molecule has 2 rings (SSSR count). The summed E-state index contributed by atoms with van der Waals surface area (Å²) in [6.07, 6.45) is 0. The molecule has 19 heavy (non-hydrogen) atoms. The van der Waals surface area contributed by atoms with Crippen LogP contribution in [-0.2, 0) is 0 Å². The Morgan fingerprint density at radius 3 is 2.05 bits per heavy atom. The fourth-order valence-corrected chi connectivity index (χ4v) is 3.02. The molecule has 0 bridgehead atoms. The molecule has 98 valence electrons. The van der Waals surface area contributed by atoms with Gasteiger partial charge in [0.25, 0.3) is 0 Å². The standard InChI is InChI=1S/C13H9Br3N2O/c14-8-2-4-12(10(16)6-8)19-11-3-1-7(13(17)18)5-9(11)15/h1-6H,(H3,17,18). The third-order valence-electron chi connectivity index (χ3n) is 2.36. The summed E-state index contributed by atoms with van der Waals surface area (Å²) in [6, 6.07) is 10.9. The van der Waals surface area contributed by atoms with Crippen LogP contribution < -0.4 is 10.5 Å². The summed E-state index contributed by atoms with van der Waals surface area (Å²) < 4.78 is 8.37. The van der Waals surface area contributed by atoms with Gasteiger partial charge in [-0.2, -0.15) is 0 Å². The van der Waals surface area contributed by atoms with Gasteiger partial charge >= 0.3 is 0 Å². The summed E-state index contributed by atoms with van der Waals surface area (Å²) in [4.78, 5) is 0. The van der Waals surface area contributed by atoms with Gasteiger partial charge in [-0.3, -0.25) is 5.41 Å². The van der Waals surface area contributed by atoms with E-state index in [1.54, 1.807) is 18.2 Å². The van der Waals surface area contributed by atoms with Crippen molar-refractivity contribution < 1.29 is 4.74 Å². The molecule has 0 aromatic heterocycles. The second-order valence-electron chi connectivity index (χ2n) is 3.74. The van der Waals surface area contributed by atoms with Gasteiger partial charge in [0.15, 0.2) is 0 Å². The van der Waals surface area contributed by atoms with Gasteiger partial charge < -0.3 is 10.5 Å². The van der Waals surface area contributed by atoms with Gasteiger partial charge in [-0.15, -0.1) is 0 Å². The van der Waals surface area contributed by atoms with Crippen LogP contribution in [0.3, 0.4) is 0 Å². The number of ether oxygens (including phenoxy) is 1. The molecule has 0 fully saturated rings. The Kier molecular flexibility index (Phi) is 4.65. The summed E-state index contributed by atoms with van der Waals surface area (Å²) >= 11 is 10.2. The van der Waals surface area contributed by atoms with Crippen molar-refractivity contribution in [2.45, 2.75) is 0 Å². The number of benzene rings is 2.